The number of aromatic nitrogens is 2. The van der Waals surface area contributed by atoms with Gasteiger partial charge in [0.15, 0.2) is 0 Å². The first-order valence-electron chi connectivity index (χ1n) is 5.88. The van der Waals surface area contributed by atoms with Crippen LogP contribution in [0.2, 0.25) is 0 Å². The second-order valence-corrected chi connectivity index (χ2v) is 4.65. The van der Waals surface area contributed by atoms with Gasteiger partial charge in [0, 0.05) is 11.9 Å². The van der Waals surface area contributed by atoms with Gasteiger partial charge >= 0.3 is 0 Å². The summed E-state index contributed by atoms with van der Waals surface area (Å²) in [7, 11) is 0. The highest BCUT2D eigenvalue weighted by atomic mass is 15.1. The fraction of sp³-hybridized carbons (Fsp3) is 0.462. The van der Waals surface area contributed by atoms with Gasteiger partial charge in [-0.3, -0.25) is 5.10 Å². The van der Waals surface area contributed by atoms with Gasteiger partial charge in [0.1, 0.15) is 0 Å². The highest BCUT2D eigenvalue weighted by Gasteiger charge is 1.98. The van der Waals surface area contributed by atoms with E-state index in [-0.39, 0.29) is 0 Å². The monoisotopic (exact) mass is 217 g/mol. The molecule has 86 valence electrons. The van der Waals surface area contributed by atoms with Crippen molar-refractivity contribution in [1.29, 1.82) is 0 Å². The summed E-state index contributed by atoms with van der Waals surface area (Å²) in [6, 6.07) is 6.41. The molecule has 2 N–H and O–H groups in total. The SMILES string of the molecule is CC(C)CCNCc1ccc2[nH]ncc2c1. The van der Waals surface area contributed by atoms with E-state index < -0.39 is 0 Å². The number of nitrogens with zero attached hydrogens (tertiary/aromatic N) is 1. The molecule has 0 aliphatic heterocycles. The average Bonchev–Trinajstić information content (AvgIpc) is 2.71. The van der Waals surface area contributed by atoms with Gasteiger partial charge in [-0.25, -0.2) is 0 Å². The molecule has 3 heteroatoms. The van der Waals surface area contributed by atoms with Gasteiger partial charge in [-0.15, -0.1) is 0 Å². The van der Waals surface area contributed by atoms with Gasteiger partial charge in [-0.2, -0.15) is 5.10 Å². The smallest absolute Gasteiger partial charge is 0.0650 e. The standard InChI is InChI=1S/C13H19N3/c1-10(2)5-6-14-8-11-3-4-13-12(7-11)9-15-16-13/h3-4,7,9-10,14H,5-6,8H2,1-2H3,(H,15,16). The maximum atomic E-state index is 4.02. The zero-order valence-corrected chi connectivity index (χ0v) is 9.96. The molecule has 3 nitrogen and oxygen atoms in total. The van der Waals surface area contributed by atoms with Crippen LogP contribution in [0.25, 0.3) is 10.9 Å². The van der Waals surface area contributed by atoms with Crippen LogP contribution >= 0.6 is 0 Å². The van der Waals surface area contributed by atoms with Crippen molar-refractivity contribution in [3.8, 4) is 0 Å². The van der Waals surface area contributed by atoms with Crippen LogP contribution in [-0.4, -0.2) is 16.7 Å². The summed E-state index contributed by atoms with van der Waals surface area (Å²) in [5.41, 5.74) is 2.42. The van der Waals surface area contributed by atoms with Gasteiger partial charge in [0.25, 0.3) is 0 Å². The van der Waals surface area contributed by atoms with Crippen LogP contribution in [0.5, 0.6) is 0 Å². The average molecular weight is 217 g/mol. The maximum absolute atomic E-state index is 4.02. The molecule has 2 rings (SSSR count). The first kappa shape index (κ1) is 11.1. The lowest BCUT2D eigenvalue weighted by molar-refractivity contribution is 0.537. The highest BCUT2D eigenvalue weighted by molar-refractivity contribution is 5.78. The number of fused-ring (bicyclic) bond motifs is 1. The largest absolute Gasteiger partial charge is 0.313 e. The molecule has 0 saturated heterocycles. The molecule has 1 heterocycles. The van der Waals surface area contributed by atoms with Crippen LogP contribution in [0.1, 0.15) is 25.8 Å². The van der Waals surface area contributed by atoms with Crippen molar-refractivity contribution in [1.82, 2.24) is 15.5 Å². The summed E-state index contributed by atoms with van der Waals surface area (Å²) >= 11 is 0. The van der Waals surface area contributed by atoms with Crippen LogP contribution in [0.4, 0.5) is 0 Å². The van der Waals surface area contributed by atoms with Crippen molar-refractivity contribution in [3.63, 3.8) is 0 Å². The van der Waals surface area contributed by atoms with Crippen LogP contribution < -0.4 is 5.32 Å². The molecular formula is C13H19N3. The molecule has 1 aromatic carbocycles. The first-order chi connectivity index (χ1) is 7.75. The minimum Gasteiger partial charge on any atom is -0.313 e. The van der Waals surface area contributed by atoms with Crippen molar-refractivity contribution in [2.24, 2.45) is 5.92 Å². The molecule has 0 bridgehead atoms. The summed E-state index contributed by atoms with van der Waals surface area (Å²) in [6.07, 6.45) is 3.10. The number of hydrogen-bond acceptors (Lipinski definition) is 2. The Balaban J connectivity index is 1.89. The lowest BCUT2D eigenvalue weighted by atomic mass is 10.1. The molecule has 16 heavy (non-hydrogen) atoms. The lowest BCUT2D eigenvalue weighted by Gasteiger charge is -2.06. The molecule has 0 fully saturated rings. The summed E-state index contributed by atoms with van der Waals surface area (Å²) in [4.78, 5) is 0. The second kappa shape index (κ2) is 5.12. The fourth-order valence-corrected chi connectivity index (χ4v) is 1.73. The maximum Gasteiger partial charge on any atom is 0.0650 e. The topological polar surface area (TPSA) is 40.7 Å². The molecular weight excluding hydrogens is 198 g/mol. The van der Waals surface area contributed by atoms with Gasteiger partial charge < -0.3 is 5.32 Å². The second-order valence-electron chi connectivity index (χ2n) is 4.65. The van der Waals surface area contributed by atoms with Crippen LogP contribution in [0, 0.1) is 5.92 Å². The summed E-state index contributed by atoms with van der Waals surface area (Å²) < 4.78 is 0. The van der Waals surface area contributed by atoms with E-state index in [2.05, 4.69) is 47.6 Å². The third-order valence-electron chi connectivity index (χ3n) is 2.73. The van der Waals surface area contributed by atoms with E-state index in [1.807, 2.05) is 6.20 Å². The first-order valence-corrected chi connectivity index (χ1v) is 5.88. The predicted molar refractivity (Wildman–Crippen MR) is 67.3 cm³/mol. The van der Waals surface area contributed by atoms with E-state index in [0.717, 1.165) is 24.5 Å². The number of H-pyrrole nitrogens is 1. The Morgan fingerprint density at radius 2 is 2.25 bits per heavy atom. The van der Waals surface area contributed by atoms with Crippen molar-refractivity contribution in [2.75, 3.05) is 6.54 Å². The molecule has 0 unspecified atom stereocenters. The minimum atomic E-state index is 0.767. The fourth-order valence-electron chi connectivity index (χ4n) is 1.73. The molecule has 0 radical (unpaired) electrons. The van der Waals surface area contributed by atoms with E-state index in [1.54, 1.807) is 0 Å². The van der Waals surface area contributed by atoms with E-state index in [0.29, 0.717) is 0 Å². The number of aromatic amines is 1. The molecule has 0 atom stereocenters. The van der Waals surface area contributed by atoms with Crippen molar-refractivity contribution < 1.29 is 0 Å². The number of hydrogen-bond donors (Lipinski definition) is 2. The van der Waals surface area contributed by atoms with Crippen LogP contribution in [-0.2, 0) is 6.54 Å². The highest BCUT2D eigenvalue weighted by Crippen LogP contribution is 2.12. The molecule has 0 aliphatic rings. The number of benzene rings is 1. The van der Waals surface area contributed by atoms with Gasteiger partial charge in [0.05, 0.1) is 11.7 Å². The van der Waals surface area contributed by atoms with Crippen LogP contribution in [0.3, 0.4) is 0 Å². The zero-order chi connectivity index (χ0) is 11.4. The molecule has 1 aromatic heterocycles. The summed E-state index contributed by atoms with van der Waals surface area (Å²) in [6.45, 7) is 6.52. The zero-order valence-electron chi connectivity index (χ0n) is 9.96. The Hall–Kier alpha value is -1.35. The van der Waals surface area contributed by atoms with Gasteiger partial charge in [-0.1, -0.05) is 19.9 Å². The lowest BCUT2D eigenvalue weighted by Crippen LogP contribution is -2.16. The van der Waals surface area contributed by atoms with Crippen molar-refractivity contribution >= 4 is 10.9 Å². The van der Waals surface area contributed by atoms with Gasteiger partial charge in [-0.05, 0) is 36.6 Å². The Labute approximate surface area is 96.2 Å². The molecule has 2 aromatic rings. The van der Waals surface area contributed by atoms with E-state index >= 15 is 0 Å². The Morgan fingerprint density at radius 3 is 3.06 bits per heavy atom. The molecule has 0 spiro atoms. The molecule has 0 aliphatic carbocycles. The predicted octanol–water partition coefficient (Wildman–Crippen LogP) is 2.70. The summed E-state index contributed by atoms with van der Waals surface area (Å²) in [5.74, 6) is 0.767. The molecule has 0 saturated carbocycles. The summed E-state index contributed by atoms with van der Waals surface area (Å²) in [5, 5.41) is 11.6. The number of nitrogens with one attached hydrogen (secondary N) is 2. The van der Waals surface area contributed by atoms with E-state index in [4.69, 9.17) is 0 Å². The normalized spacial score (nSPS) is 11.4. The number of rotatable bonds is 5. The Kier molecular flexibility index (Phi) is 3.57. The Morgan fingerprint density at radius 1 is 1.38 bits per heavy atom. The van der Waals surface area contributed by atoms with Crippen molar-refractivity contribution in [2.45, 2.75) is 26.8 Å². The van der Waals surface area contributed by atoms with Crippen LogP contribution in [0.15, 0.2) is 24.4 Å². The minimum absolute atomic E-state index is 0.767. The van der Waals surface area contributed by atoms with E-state index in [1.165, 1.54) is 17.4 Å². The van der Waals surface area contributed by atoms with Crippen molar-refractivity contribution in [3.05, 3.63) is 30.0 Å². The quantitative estimate of drug-likeness (QED) is 0.756. The van der Waals surface area contributed by atoms with E-state index in [9.17, 15) is 0 Å². The van der Waals surface area contributed by atoms with Gasteiger partial charge in [0.2, 0.25) is 0 Å². The Bertz CT molecular complexity index is 445. The molecule has 0 amide bonds. The third kappa shape index (κ3) is 2.83. The third-order valence-corrected chi connectivity index (χ3v) is 2.73.